The van der Waals surface area contributed by atoms with Crippen molar-refractivity contribution in [2.24, 2.45) is 0 Å². The van der Waals surface area contributed by atoms with Crippen LogP contribution in [0.3, 0.4) is 0 Å². The first-order valence-electron chi connectivity index (χ1n) is 7.74. The van der Waals surface area contributed by atoms with Crippen LogP contribution in [-0.2, 0) is 6.54 Å². The molecule has 0 radical (unpaired) electrons. The molecule has 1 heterocycles. The summed E-state index contributed by atoms with van der Waals surface area (Å²) < 4.78 is 15.9. The Balaban J connectivity index is 2.36. The number of aromatic nitrogens is 2. The first kappa shape index (κ1) is 18.6. The maximum atomic E-state index is 12.9. The highest BCUT2D eigenvalue weighted by molar-refractivity contribution is 5.95. The number of carbonyl (C=O) groups excluding carboxylic acids is 1. The van der Waals surface area contributed by atoms with Crippen molar-refractivity contribution in [1.82, 2.24) is 14.9 Å². The molecule has 0 saturated carbocycles. The van der Waals surface area contributed by atoms with Crippen LogP contribution in [0.25, 0.3) is 0 Å². The van der Waals surface area contributed by atoms with Crippen molar-refractivity contribution in [2.75, 3.05) is 34.5 Å². The number of nitrogens with zero attached hydrogens (tertiary/aromatic N) is 2. The minimum Gasteiger partial charge on any atom is -0.493 e. The highest BCUT2D eigenvalue weighted by atomic mass is 16.5. The molecule has 0 aliphatic heterocycles. The number of benzene rings is 1. The molecule has 0 aliphatic rings. The number of ether oxygens (including phenoxy) is 3. The van der Waals surface area contributed by atoms with E-state index in [9.17, 15) is 9.90 Å². The van der Waals surface area contributed by atoms with Gasteiger partial charge in [-0.3, -0.25) is 4.79 Å². The molecule has 25 heavy (non-hydrogen) atoms. The van der Waals surface area contributed by atoms with Crippen LogP contribution in [-0.4, -0.2) is 60.4 Å². The number of hydrogen-bond acceptors (Lipinski definition) is 6. The maximum absolute atomic E-state index is 12.9. The van der Waals surface area contributed by atoms with Crippen molar-refractivity contribution in [3.63, 3.8) is 0 Å². The Labute approximate surface area is 146 Å². The minimum atomic E-state index is -0.268. The fourth-order valence-corrected chi connectivity index (χ4v) is 2.49. The Kier molecular flexibility index (Phi) is 6.24. The summed E-state index contributed by atoms with van der Waals surface area (Å²) in [5, 5.41) is 9.32. The van der Waals surface area contributed by atoms with Gasteiger partial charge in [-0.1, -0.05) is 0 Å². The molecule has 0 aliphatic carbocycles. The molecule has 1 amide bonds. The van der Waals surface area contributed by atoms with Crippen LogP contribution in [0.1, 0.15) is 21.7 Å². The van der Waals surface area contributed by atoms with E-state index < -0.39 is 0 Å². The van der Waals surface area contributed by atoms with Gasteiger partial charge in [0, 0.05) is 17.8 Å². The lowest BCUT2D eigenvalue weighted by Crippen LogP contribution is -2.33. The van der Waals surface area contributed by atoms with Crippen molar-refractivity contribution in [3.05, 3.63) is 35.4 Å². The fourth-order valence-electron chi connectivity index (χ4n) is 2.49. The zero-order chi connectivity index (χ0) is 18.4. The first-order chi connectivity index (χ1) is 12.0. The monoisotopic (exact) mass is 349 g/mol. The van der Waals surface area contributed by atoms with Crippen LogP contribution in [0.2, 0.25) is 0 Å². The number of aryl methyl sites for hydroxylation is 1. The molecule has 0 unspecified atom stereocenters. The van der Waals surface area contributed by atoms with Crippen LogP contribution in [0, 0.1) is 6.92 Å². The Morgan fingerprint density at radius 2 is 1.84 bits per heavy atom. The summed E-state index contributed by atoms with van der Waals surface area (Å²) in [5.74, 6) is 0.935. The van der Waals surface area contributed by atoms with Crippen LogP contribution < -0.4 is 14.2 Å². The number of aromatic amines is 1. The van der Waals surface area contributed by atoms with Crippen LogP contribution in [0.5, 0.6) is 17.2 Å². The lowest BCUT2D eigenvalue weighted by atomic mass is 10.1. The average Bonchev–Trinajstić information content (AvgIpc) is 3.04. The van der Waals surface area contributed by atoms with Gasteiger partial charge in [-0.2, -0.15) is 0 Å². The number of hydrogen-bond donors (Lipinski definition) is 2. The van der Waals surface area contributed by atoms with Crippen molar-refractivity contribution < 1.29 is 24.1 Å². The summed E-state index contributed by atoms with van der Waals surface area (Å²) >= 11 is 0. The van der Waals surface area contributed by atoms with Gasteiger partial charge in [0.15, 0.2) is 11.5 Å². The van der Waals surface area contributed by atoms with Crippen LogP contribution in [0.4, 0.5) is 0 Å². The minimum absolute atomic E-state index is 0.153. The van der Waals surface area contributed by atoms with E-state index in [2.05, 4.69) is 9.97 Å². The Hall–Kier alpha value is -2.74. The molecule has 2 rings (SSSR count). The number of imidazole rings is 1. The van der Waals surface area contributed by atoms with E-state index in [1.165, 1.54) is 26.2 Å². The van der Waals surface area contributed by atoms with E-state index in [0.29, 0.717) is 22.8 Å². The van der Waals surface area contributed by atoms with Crippen molar-refractivity contribution in [1.29, 1.82) is 0 Å². The van der Waals surface area contributed by atoms with Gasteiger partial charge in [-0.15, -0.1) is 0 Å². The summed E-state index contributed by atoms with van der Waals surface area (Å²) in [7, 11) is 4.48. The number of H-pyrrole nitrogens is 1. The maximum Gasteiger partial charge on any atom is 0.254 e. The van der Waals surface area contributed by atoms with Crippen LogP contribution in [0.15, 0.2) is 18.5 Å². The van der Waals surface area contributed by atoms with E-state index in [4.69, 9.17) is 14.2 Å². The number of methoxy groups -OCH3 is 3. The third-order valence-corrected chi connectivity index (χ3v) is 3.84. The summed E-state index contributed by atoms with van der Waals surface area (Å²) in [6, 6.07) is 3.18. The second-order valence-corrected chi connectivity index (χ2v) is 5.34. The zero-order valence-corrected chi connectivity index (χ0v) is 14.8. The average molecular weight is 349 g/mol. The molecule has 0 bridgehead atoms. The van der Waals surface area contributed by atoms with Crippen LogP contribution >= 0.6 is 0 Å². The number of aliphatic hydroxyl groups is 1. The lowest BCUT2D eigenvalue weighted by molar-refractivity contribution is 0.0704. The molecule has 1 aromatic carbocycles. The molecule has 8 heteroatoms. The van der Waals surface area contributed by atoms with E-state index in [0.717, 1.165) is 11.4 Å². The number of nitrogens with one attached hydrogen (secondary N) is 1. The van der Waals surface area contributed by atoms with Gasteiger partial charge in [-0.25, -0.2) is 4.98 Å². The Morgan fingerprint density at radius 1 is 1.20 bits per heavy atom. The second kappa shape index (κ2) is 8.39. The quantitative estimate of drug-likeness (QED) is 0.747. The number of rotatable bonds is 8. The topological polar surface area (TPSA) is 96.9 Å². The largest absolute Gasteiger partial charge is 0.493 e. The molecular weight excluding hydrogens is 326 g/mol. The standard InChI is InChI=1S/C17H23N3O5/c1-11-13(19-10-18-11)9-20(5-6-21)17(22)12-7-14(23-2)16(25-4)15(8-12)24-3/h7-8,10,21H,5-6,9H2,1-4H3,(H,18,19). The van der Waals surface area contributed by atoms with Gasteiger partial charge in [0.05, 0.1) is 46.5 Å². The third-order valence-electron chi connectivity index (χ3n) is 3.84. The zero-order valence-electron chi connectivity index (χ0n) is 14.8. The van der Waals surface area contributed by atoms with E-state index in [-0.39, 0.29) is 25.6 Å². The molecule has 0 atom stereocenters. The van der Waals surface area contributed by atoms with Gasteiger partial charge in [0.1, 0.15) is 0 Å². The number of aliphatic hydroxyl groups excluding tert-OH is 1. The van der Waals surface area contributed by atoms with Crippen molar-refractivity contribution in [3.8, 4) is 17.2 Å². The predicted molar refractivity (Wildman–Crippen MR) is 91.2 cm³/mol. The highest BCUT2D eigenvalue weighted by Gasteiger charge is 2.22. The van der Waals surface area contributed by atoms with Crippen molar-refractivity contribution >= 4 is 5.91 Å². The van der Waals surface area contributed by atoms with Gasteiger partial charge in [0.25, 0.3) is 5.91 Å². The van der Waals surface area contributed by atoms with Gasteiger partial charge in [0.2, 0.25) is 5.75 Å². The van der Waals surface area contributed by atoms with E-state index in [1.54, 1.807) is 18.5 Å². The summed E-state index contributed by atoms with van der Waals surface area (Å²) in [6.45, 7) is 2.19. The molecule has 0 saturated heterocycles. The normalized spacial score (nSPS) is 10.4. The number of amides is 1. The fraction of sp³-hybridized carbons (Fsp3) is 0.412. The van der Waals surface area contributed by atoms with Gasteiger partial charge in [-0.05, 0) is 19.1 Å². The van der Waals surface area contributed by atoms with Crippen molar-refractivity contribution in [2.45, 2.75) is 13.5 Å². The molecule has 0 fully saturated rings. The molecule has 8 nitrogen and oxygen atoms in total. The molecule has 2 N–H and O–H groups in total. The molecule has 0 spiro atoms. The summed E-state index contributed by atoms with van der Waals surface area (Å²) in [4.78, 5) is 21.6. The second-order valence-electron chi connectivity index (χ2n) is 5.34. The third kappa shape index (κ3) is 4.03. The molecule has 2 aromatic rings. The molecular formula is C17H23N3O5. The van der Waals surface area contributed by atoms with E-state index in [1.807, 2.05) is 6.92 Å². The highest BCUT2D eigenvalue weighted by Crippen LogP contribution is 2.38. The SMILES string of the molecule is COc1cc(C(=O)N(CCO)Cc2nc[nH]c2C)cc(OC)c1OC. The molecule has 136 valence electrons. The smallest absolute Gasteiger partial charge is 0.254 e. The first-order valence-corrected chi connectivity index (χ1v) is 7.74. The predicted octanol–water partition coefficient (Wildman–Crippen LogP) is 1.38. The summed E-state index contributed by atoms with van der Waals surface area (Å²) in [6.07, 6.45) is 1.58. The lowest BCUT2D eigenvalue weighted by Gasteiger charge is -2.22. The Bertz CT molecular complexity index is 704. The number of carbonyl (C=O) groups is 1. The van der Waals surface area contributed by atoms with Gasteiger partial charge < -0.3 is 29.2 Å². The van der Waals surface area contributed by atoms with Gasteiger partial charge >= 0.3 is 0 Å². The summed E-state index contributed by atoms with van der Waals surface area (Å²) in [5.41, 5.74) is 1.99. The molecule has 1 aromatic heterocycles. The Morgan fingerprint density at radius 3 is 2.28 bits per heavy atom. The van der Waals surface area contributed by atoms with E-state index >= 15 is 0 Å².